The molecule has 0 aromatic heterocycles. The first-order chi connectivity index (χ1) is 19.3. The molecule has 0 bridgehead atoms. The number of Topliss-reactive ketones (excluding diaryl/α,β-unsaturated/α-hetero) is 1. The molecule has 2 aliphatic heterocycles. The SMILES string of the molecule is CCC1OC(O)(C(=O)C(=O)N2CCCCC2C(=O)OC(C(C)C)C(C)CC2CCC(O)C(OC)C2O)C(C)CC1C. The highest BCUT2D eigenvalue weighted by Crippen LogP contribution is 2.38. The number of ketones is 1. The molecule has 0 aromatic carbocycles. The number of amides is 1. The number of carbonyl (C=O) groups excluding carboxylic acids is 3. The van der Waals surface area contributed by atoms with Crippen LogP contribution < -0.4 is 0 Å². The average molecular weight is 584 g/mol. The number of piperidine rings is 1. The molecule has 10 heteroatoms. The molecule has 11 unspecified atom stereocenters. The first kappa shape index (κ1) is 33.9. The molecule has 3 rings (SSSR count). The van der Waals surface area contributed by atoms with E-state index in [2.05, 4.69) is 0 Å². The van der Waals surface area contributed by atoms with Crippen LogP contribution in [-0.4, -0.2) is 93.9 Å². The normalized spacial score (nSPS) is 37.9. The Balaban J connectivity index is 1.72. The minimum Gasteiger partial charge on any atom is -0.460 e. The molecule has 1 amide bonds. The van der Waals surface area contributed by atoms with E-state index in [0.717, 1.165) is 0 Å². The van der Waals surface area contributed by atoms with Crippen molar-refractivity contribution in [2.75, 3.05) is 13.7 Å². The van der Waals surface area contributed by atoms with Gasteiger partial charge in [0, 0.05) is 19.6 Å². The Morgan fingerprint density at radius 3 is 2.37 bits per heavy atom. The lowest BCUT2D eigenvalue weighted by molar-refractivity contribution is -0.274. The van der Waals surface area contributed by atoms with Crippen molar-refractivity contribution in [2.45, 2.75) is 135 Å². The molecule has 3 aliphatic rings. The molecule has 41 heavy (non-hydrogen) atoms. The smallest absolute Gasteiger partial charge is 0.329 e. The zero-order valence-electron chi connectivity index (χ0n) is 26.0. The molecule has 1 saturated carbocycles. The summed E-state index contributed by atoms with van der Waals surface area (Å²) in [5.74, 6) is -5.38. The zero-order valence-corrected chi connectivity index (χ0v) is 26.0. The highest BCUT2D eigenvalue weighted by atomic mass is 16.6. The van der Waals surface area contributed by atoms with Gasteiger partial charge in [0.05, 0.1) is 18.3 Å². The van der Waals surface area contributed by atoms with Gasteiger partial charge < -0.3 is 34.4 Å². The number of rotatable bonds is 10. The number of nitrogens with zero attached hydrogens (tertiary/aromatic N) is 1. The maximum Gasteiger partial charge on any atom is 0.329 e. The fraction of sp³-hybridized carbons (Fsp3) is 0.903. The average Bonchev–Trinajstić information content (AvgIpc) is 2.94. The van der Waals surface area contributed by atoms with Crippen LogP contribution >= 0.6 is 0 Å². The molecule has 0 aromatic rings. The van der Waals surface area contributed by atoms with Crippen LogP contribution in [0, 0.1) is 29.6 Å². The second-order valence-corrected chi connectivity index (χ2v) is 13.2. The van der Waals surface area contributed by atoms with Crippen LogP contribution in [0.15, 0.2) is 0 Å². The molecule has 0 radical (unpaired) electrons. The molecule has 2 saturated heterocycles. The van der Waals surface area contributed by atoms with E-state index in [0.29, 0.717) is 51.4 Å². The lowest BCUT2D eigenvalue weighted by atomic mass is 9.76. The topological polar surface area (TPSA) is 143 Å². The van der Waals surface area contributed by atoms with Crippen LogP contribution in [0.5, 0.6) is 0 Å². The number of aliphatic hydroxyl groups excluding tert-OH is 2. The molecule has 3 fully saturated rings. The van der Waals surface area contributed by atoms with E-state index in [-0.39, 0.29) is 36.3 Å². The number of hydrogen-bond acceptors (Lipinski definition) is 9. The number of esters is 1. The summed E-state index contributed by atoms with van der Waals surface area (Å²) >= 11 is 0. The van der Waals surface area contributed by atoms with E-state index in [4.69, 9.17) is 14.2 Å². The first-order valence-corrected chi connectivity index (χ1v) is 15.6. The maximum atomic E-state index is 13.6. The van der Waals surface area contributed by atoms with Gasteiger partial charge in [-0.15, -0.1) is 0 Å². The molecule has 0 spiro atoms. The van der Waals surface area contributed by atoms with E-state index < -0.39 is 59.8 Å². The van der Waals surface area contributed by atoms with Gasteiger partial charge in [-0.05, 0) is 75.0 Å². The highest BCUT2D eigenvalue weighted by Gasteiger charge is 2.54. The minimum atomic E-state index is -2.22. The van der Waals surface area contributed by atoms with Gasteiger partial charge in [-0.25, -0.2) is 4.79 Å². The molecular weight excluding hydrogens is 530 g/mol. The Morgan fingerprint density at radius 2 is 1.76 bits per heavy atom. The number of hydrogen-bond donors (Lipinski definition) is 3. The molecule has 11 atom stereocenters. The van der Waals surface area contributed by atoms with Crippen LogP contribution in [0.3, 0.4) is 0 Å². The van der Waals surface area contributed by atoms with E-state index in [1.165, 1.54) is 12.0 Å². The third-order valence-electron chi connectivity index (χ3n) is 9.77. The lowest BCUT2D eigenvalue weighted by Gasteiger charge is -2.44. The molecule has 2 heterocycles. The summed E-state index contributed by atoms with van der Waals surface area (Å²) in [5.41, 5.74) is 0. The summed E-state index contributed by atoms with van der Waals surface area (Å²) < 4.78 is 17.2. The number of likely N-dealkylation sites (tertiary alicyclic amines) is 1. The van der Waals surface area contributed by atoms with E-state index >= 15 is 0 Å². The molecular formula is C31H53NO9. The van der Waals surface area contributed by atoms with E-state index in [9.17, 15) is 29.7 Å². The maximum absolute atomic E-state index is 13.6. The van der Waals surface area contributed by atoms with Crippen molar-refractivity contribution in [3.63, 3.8) is 0 Å². The van der Waals surface area contributed by atoms with Gasteiger partial charge in [0.2, 0.25) is 5.79 Å². The summed E-state index contributed by atoms with van der Waals surface area (Å²) in [6.45, 7) is 11.8. The van der Waals surface area contributed by atoms with Crippen molar-refractivity contribution in [3.05, 3.63) is 0 Å². The van der Waals surface area contributed by atoms with E-state index in [1.807, 2.05) is 34.6 Å². The Kier molecular flexibility index (Phi) is 11.8. The molecule has 10 nitrogen and oxygen atoms in total. The van der Waals surface area contributed by atoms with Crippen molar-refractivity contribution in [2.24, 2.45) is 29.6 Å². The predicted octanol–water partition coefficient (Wildman–Crippen LogP) is 2.84. The van der Waals surface area contributed by atoms with Gasteiger partial charge in [-0.2, -0.15) is 0 Å². The largest absolute Gasteiger partial charge is 0.460 e. The molecule has 1 aliphatic carbocycles. The highest BCUT2D eigenvalue weighted by molar-refractivity contribution is 6.39. The number of aliphatic hydroxyl groups is 3. The van der Waals surface area contributed by atoms with Crippen molar-refractivity contribution >= 4 is 17.7 Å². The Morgan fingerprint density at radius 1 is 1.07 bits per heavy atom. The Bertz CT molecular complexity index is 912. The quantitative estimate of drug-likeness (QED) is 0.261. The summed E-state index contributed by atoms with van der Waals surface area (Å²) in [5, 5.41) is 32.3. The number of methoxy groups -OCH3 is 1. The van der Waals surface area contributed by atoms with Gasteiger partial charge in [-0.1, -0.05) is 41.5 Å². The standard InChI is InChI=1S/C31H53NO9/c1-8-24-18(4)15-20(6)31(38,41-24)28(35)29(36)32-14-10-9-11-22(32)30(37)40-26(17(2)3)19(5)16-21-12-13-23(33)27(39-7)25(21)34/h17-27,33-34,38H,8-16H2,1-7H3. The molecule has 236 valence electrons. The summed E-state index contributed by atoms with van der Waals surface area (Å²) in [4.78, 5) is 41.9. The molecule has 3 N–H and O–H groups in total. The second kappa shape index (κ2) is 14.3. The third-order valence-corrected chi connectivity index (χ3v) is 9.77. The van der Waals surface area contributed by atoms with Gasteiger partial charge in [0.25, 0.3) is 11.7 Å². The van der Waals surface area contributed by atoms with Crippen molar-refractivity contribution < 1.29 is 43.9 Å². The Labute approximate surface area is 245 Å². The fourth-order valence-corrected chi connectivity index (χ4v) is 7.30. The summed E-state index contributed by atoms with van der Waals surface area (Å²) in [6, 6.07) is -0.926. The second-order valence-electron chi connectivity index (χ2n) is 13.2. The van der Waals surface area contributed by atoms with Crippen LogP contribution in [0.1, 0.15) is 92.9 Å². The van der Waals surface area contributed by atoms with Crippen molar-refractivity contribution in [1.82, 2.24) is 4.90 Å². The third kappa shape index (κ3) is 7.32. The number of carbonyl (C=O) groups is 3. The lowest BCUT2D eigenvalue weighted by Crippen LogP contribution is -2.61. The Hall–Kier alpha value is -1.59. The van der Waals surface area contributed by atoms with Gasteiger partial charge in [-0.3, -0.25) is 9.59 Å². The van der Waals surface area contributed by atoms with Gasteiger partial charge in [0.15, 0.2) is 0 Å². The van der Waals surface area contributed by atoms with Crippen molar-refractivity contribution in [1.29, 1.82) is 0 Å². The van der Waals surface area contributed by atoms with Crippen LogP contribution in [0.4, 0.5) is 0 Å². The summed E-state index contributed by atoms with van der Waals surface area (Å²) in [6.07, 6.45) is 1.62. The van der Waals surface area contributed by atoms with Gasteiger partial charge in [0.1, 0.15) is 18.2 Å². The number of ether oxygens (including phenoxy) is 3. The minimum absolute atomic E-state index is 0.0296. The van der Waals surface area contributed by atoms with Crippen molar-refractivity contribution in [3.8, 4) is 0 Å². The first-order valence-electron chi connectivity index (χ1n) is 15.6. The zero-order chi connectivity index (χ0) is 30.6. The fourth-order valence-electron chi connectivity index (χ4n) is 7.30. The predicted molar refractivity (Wildman–Crippen MR) is 151 cm³/mol. The van der Waals surface area contributed by atoms with E-state index in [1.54, 1.807) is 6.92 Å². The van der Waals surface area contributed by atoms with Crippen LogP contribution in [0.25, 0.3) is 0 Å². The van der Waals surface area contributed by atoms with Crippen LogP contribution in [-0.2, 0) is 28.6 Å². The summed E-state index contributed by atoms with van der Waals surface area (Å²) in [7, 11) is 1.48. The van der Waals surface area contributed by atoms with Gasteiger partial charge >= 0.3 is 5.97 Å². The monoisotopic (exact) mass is 583 g/mol. The van der Waals surface area contributed by atoms with Crippen LogP contribution in [0.2, 0.25) is 0 Å².